The number of benzene rings is 1. The Kier molecular flexibility index (Phi) is 4.01. The van der Waals surface area contributed by atoms with E-state index in [-0.39, 0.29) is 0 Å². The molecule has 0 amide bonds. The Bertz CT molecular complexity index is 593. The minimum absolute atomic E-state index is 0.459. The maximum atomic E-state index is 4.56. The van der Waals surface area contributed by atoms with Gasteiger partial charge in [0.25, 0.3) is 0 Å². The van der Waals surface area contributed by atoms with Gasteiger partial charge in [-0.25, -0.2) is 0 Å². The normalized spacial score (nSPS) is 20.2. The van der Waals surface area contributed by atoms with E-state index < -0.39 is 0 Å². The summed E-state index contributed by atoms with van der Waals surface area (Å²) in [5.41, 5.74) is 1.36. The number of thioether (sulfide) groups is 1. The van der Waals surface area contributed by atoms with Crippen LogP contribution >= 0.6 is 11.8 Å². The molecule has 0 bridgehead atoms. The van der Waals surface area contributed by atoms with Gasteiger partial charge in [-0.3, -0.25) is 4.99 Å². The monoisotopic (exact) mass is 287 g/mol. The molecule has 5 nitrogen and oxygen atoms in total. The molecule has 1 aromatic carbocycles. The molecule has 1 saturated heterocycles. The number of aryl methyl sites for hydroxylation is 1. The summed E-state index contributed by atoms with van der Waals surface area (Å²) in [6.07, 6.45) is 2.74. The average Bonchev–Trinajstić information content (AvgIpc) is 3.07. The van der Waals surface area contributed by atoms with Crippen molar-refractivity contribution in [2.45, 2.75) is 19.0 Å². The summed E-state index contributed by atoms with van der Waals surface area (Å²) >= 11 is 1.78. The molecule has 3 rings (SSSR count). The van der Waals surface area contributed by atoms with Crippen LogP contribution in [0.4, 0.5) is 0 Å². The lowest BCUT2D eigenvalue weighted by atomic mass is 10.1. The Hall–Kier alpha value is -1.82. The number of amidine groups is 1. The minimum Gasteiger partial charge on any atom is -0.361 e. The summed E-state index contributed by atoms with van der Waals surface area (Å²) < 4.78 is 1.89. The molecule has 1 atom stereocenters. The molecule has 6 heteroatoms. The number of aliphatic imine (C=N–C) groups is 1. The fourth-order valence-corrected chi connectivity index (χ4v) is 3.10. The molecule has 104 valence electrons. The summed E-state index contributed by atoms with van der Waals surface area (Å²) in [4.78, 5) is 4.56. The van der Waals surface area contributed by atoms with Crippen molar-refractivity contribution in [1.82, 2.24) is 20.1 Å². The first-order valence-electron chi connectivity index (χ1n) is 6.62. The fourth-order valence-electron chi connectivity index (χ4n) is 2.13. The highest BCUT2D eigenvalue weighted by Gasteiger charge is 2.20. The van der Waals surface area contributed by atoms with Gasteiger partial charge in [-0.1, -0.05) is 42.1 Å². The number of aromatic nitrogens is 3. The molecular weight excluding hydrogens is 270 g/mol. The molecule has 1 fully saturated rings. The molecule has 1 aromatic heterocycles. The third kappa shape index (κ3) is 3.19. The highest BCUT2D eigenvalue weighted by molar-refractivity contribution is 8.14. The second-order valence-corrected chi connectivity index (χ2v) is 5.83. The number of nitrogens with one attached hydrogen (secondary N) is 1. The summed E-state index contributed by atoms with van der Waals surface area (Å²) in [5, 5.41) is 12.4. The topological polar surface area (TPSA) is 55.1 Å². The molecule has 0 saturated carbocycles. The number of hydrogen-bond donors (Lipinski definition) is 1. The van der Waals surface area contributed by atoms with E-state index in [0.717, 1.165) is 23.2 Å². The van der Waals surface area contributed by atoms with Gasteiger partial charge < -0.3 is 9.88 Å². The predicted molar refractivity (Wildman–Crippen MR) is 81.7 cm³/mol. The van der Waals surface area contributed by atoms with Gasteiger partial charge in [0.05, 0.1) is 0 Å². The first-order chi connectivity index (χ1) is 9.81. The van der Waals surface area contributed by atoms with E-state index in [9.17, 15) is 0 Å². The van der Waals surface area contributed by atoms with Crippen LogP contribution in [-0.4, -0.2) is 31.7 Å². The van der Waals surface area contributed by atoms with Crippen molar-refractivity contribution in [3.8, 4) is 0 Å². The van der Waals surface area contributed by atoms with Crippen molar-refractivity contribution in [3.63, 3.8) is 0 Å². The maximum absolute atomic E-state index is 4.56. The average molecular weight is 287 g/mol. The van der Waals surface area contributed by atoms with Crippen LogP contribution in [0.5, 0.6) is 0 Å². The van der Waals surface area contributed by atoms with Crippen molar-refractivity contribution < 1.29 is 0 Å². The van der Waals surface area contributed by atoms with E-state index in [1.165, 1.54) is 5.56 Å². The highest BCUT2D eigenvalue weighted by atomic mass is 32.2. The van der Waals surface area contributed by atoms with E-state index in [2.05, 4.69) is 44.8 Å². The molecular formula is C14H17N5S. The van der Waals surface area contributed by atoms with Gasteiger partial charge in [0, 0.05) is 18.8 Å². The van der Waals surface area contributed by atoms with Gasteiger partial charge in [0.1, 0.15) is 12.9 Å². The fraction of sp³-hybridized carbons (Fsp3) is 0.357. The molecule has 2 aromatic rings. The molecule has 1 aliphatic rings. The predicted octanol–water partition coefficient (Wildman–Crippen LogP) is 1.62. The van der Waals surface area contributed by atoms with Gasteiger partial charge in [-0.05, 0) is 12.0 Å². The van der Waals surface area contributed by atoms with Gasteiger partial charge in [0.15, 0.2) is 11.0 Å². The zero-order valence-electron chi connectivity index (χ0n) is 11.4. The lowest BCUT2D eigenvalue weighted by Crippen LogP contribution is -2.29. The van der Waals surface area contributed by atoms with Crippen LogP contribution in [0.3, 0.4) is 0 Å². The van der Waals surface area contributed by atoms with Crippen LogP contribution in [0.25, 0.3) is 0 Å². The third-order valence-electron chi connectivity index (χ3n) is 3.24. The summed E-state index contributed by atoms with van der Waals surface area (Å²) in [6, 6.07) is 11.0. The number of nitrogens with zero attached hydrogens (tertiary/aromatic N) is 4. The number of hydrogen-bond acceptors (Lipinski definition) is 4. The number of rotatable bonds is 4. The van der Waals surface area contributed by atoms with Gasteiger partial charge in [0.2, 0.25) is 0 Å². The van der Waals surface area contributed by atoms with Crippen LogP contribution in [0.15, 0.2) is 41.7 Å². The van der Waals surface area contributed by atoms with Crippen molar-refractivity contribution in [3.05, 3.63) is 48.0 Å². The van der Waals surface area contributed by atoms with Crippen LogP contribution < -0.4 is 5.32 Å². The molecule has 2 heterocycles. The first-order valence-corrected chi connectivity index (χ1v) is 7.60. The molecule has 20 heavy (non-hydrogen) atoms. The molecule has 1 aliphatic heterocycles. The molecule has 0 aliphatic carbocycles. The SMILES string of the molecule is Cn1cnnc1CN=C1NC(Cc2ccccc2)CS1. The second kappa shape index (κ2) is 6.09. The lowest BCUT2D eigenvalue weighted by Gasteiger charge is -2.09. The summed E-state index contributed by atoms with van der Waals surface area (Å²) in [7, 11) is 1.93. The Morgan fingerprint density at radius 3 is 3.00 bits per heavy atom. The van der Waals surface area contributed by atoms with Crippen molar-refractivity contribution in [2.75, 3.05) is 5.75 Å². The highest BCUT2D eigenvalue weighted by Crippen LogP contribution is 2.17. The van der Waals surface area contributed by atoms with Crippen molar-refractivity contribution >= 4 is 16.9 Å². The lowest BCUT2D eigenvalue weighted by molar-refractivity contribution is 0.684. The maximum Gasteiger partial charge on any atom is 0.157 e. The Labute approximate surface area is 122 Å². The smallest absolute Gasteiger partial charge is 0.157 e. The van der Waals surface area contributed by atoms with E-state index in [1.54, 1.807) is 18.1 Å². The minimum atomic E-state index is 0.459. The van der Waals surface area contributed by atoms with E-state index >= 15 is 0 Å². The Morgan fingerprint density at radius 2 is 2.25 bits per heavy atom. The molecule has 1 unspecified atom stereocenters. The Balaban J connectivity index is 1.55. The summed E-state index contributed by atoms with van der Waals surface area (Å²) in [6.45, 7) is 0.573. The summed E-state index contributed by atoms with van der Waals surface area (Å²) in [5.74, 6) is 1.94. The van der Waals surface area contributed by atoms with Crippen molar-refractivity contribution in [2.24, 2.45) is 12.0 Å². The Morgan fingerprint density at radius 1 is 1.40 bits per heavy atom. The van der Waals surface area contributed by atoms with E-state index in [0.29, 0.717) is 12.6 Å². The van der Waals surface area contributed by atoms with Crippen LogP contribution in [-0.2, 0) is 20.0 Å². The standard InChI is InChI=1S/C14H17N5S/c1-19-10-16-18-13(19)8-15-14-17-12(9-20-14)7-11-5-3-2-4-6-11/h2-6,10,12H,7-9H2,1H3,(H,15,17). The quantitative estimate of drug-likeness (QED) is 0.928. The van der Waals surface area contributed by atoms with Crippen LogP contribution in [0, 0.1) is 0 Å². The van der Waals surface area contributed by atoms with E-state index in [1.807, 2.05) is 17.7 Å². The largest absolute Gasteiger partial charge is 0.361 e. The third-order valence-corrected chi connectivity index (χ3v) is 4.33. The van der Waals surface area contributed by atoms with Crippen molar-refractivity contribution in [1.29, 1.82) is 0 Å². The first kappa shape index (κ1) is 13.2. The second-order valence-electron chi connectivity index (χ2n) is 4.82. The van der Waals surface area contributed by atoms with Gasteiger partial charge in [-0.15, -0.1) is 10.2 Å². The van der Waals surface area contributed by atoms with Gasteiger partial charge in [-0.2, -0.15) is 0 Å². The molecule has 1 N–H and O–H groups in total. The van der Waals surface area contributed by atoms with Gasteiger partial charge >= 0.3 is 0 Å². The molecule has 0 radical (unpaired) electrons. The zero-order valence-corrected chi connectivity index (χ0v) is 12.2. The van der Waals surface area contributed by atoms with E-state index in [4.69, 9.17) is 0 Å². The zero-order chi connectivity index (χ0) is 13.8. The van der Waals surface area contributed by atoms with Crippen LogP contribution in [0.1, 0.15) is 11.4 Å². The van der Waals surface area contributed by atoms with Crippen LogP contribution in [0.2, 0.25) is 0 Å². The molecule has 0 spiro atoms.